The third-order valence-corrected chi connectivity index (χ3v) is 7.45. The lowest BCUT2D eigenvalue weighted by Crippen LogP contribution is -2.51. The fourth-order valence-electron chi connectivity index (χ4n) is 4.72. The largest absolute Gasteiger partial charge is 0.465 e. The third kappa shape index (κ3) is 8.42. The number of nitrogens with one attached hydrogen (secondary N) is 1. The van der Waals surface area contributed by atoms with Crippen molar-refractivity contribution in [2.24, 2.45) is 0 Å². The first-order valence-corrected chi connectivity index (χ1v) is 15.3. The Bertz CT molecular complexity index is 1690. The predicted octanol–water partition coefficient (Wildman–Crippen LogP) is 6.08. The van der Waals surface area contributed by atoms with Gasteiger partial charge in [-0.05, 0) is 60.9 Å². The summed E-state index contributed by atoms with van der Waals surface area (Å²) in [6.07, 6.45) is 1.20. The van der Waals surface area contributed by atoms with Crippen molar-refractivity contribution in [2.45, 2.75) is 31.3 Å². The van der Waals surface area contributed by atoms with E-state index in [1.54, 1.807) is 74.5 Å². The summed E-state index contributed by atoms with van der Waals surface area (Å²) in [5.41, 5.74) is -2.84. The van der Waals surface area contributed by atoms with E-state index in [0.29, 0.717) is 27.9 Å². The van der Waals surface area contributed by atoms with Crippen LogP contribution in [0.25, 0.3) is 11.1 Å². The number of pyridine rings is 1. The summed E-state index contributed by atoms with van der Waals surface area (Å²) in [7, 11) is 1.50. The van der Waals surface area contributed by atoms with Gasteiger partial charge < -0.3 is 19.5 Å². The first-order chi connectivity index (χ1) is 22.5. The minimum atomic E-state index is -3.06. The molecule has 1 unspecified atom stereocenters. The van der Waals surface area contributed by atoms with E-state index >= 15 is 0 Å². The number of hydrogen-bond donors (Lipinski definition) is 1. The Labute approximate surface area is 272 Å². The number of nitrogens with zero attached hydrogens (tertiary/aromatic N) is 1. The summed E-state index contributed by atoms with van der Waals surface area (Å²) in [6.45, 7) is 2.43. The number of carbonyl (C=O) groups excluding carboxylic acids is 4. The Morgan fingerprint density at radius 1 is 0.787 bits per heavy atom. The summed E-state index contributed by atoms with van der Waals surface area (Å²) in [6, 6.07) is 23.6. The molecule has 0 aliphatic heterocycles. The highest BCUT2D eigenvalue weighted by molar-refractivity contribution is 7.17. The number of esters is 3. The highest BCUT2D eigenvalue weighted by Crippen LogP contribution is 2.36. The van der Waals surface area contributed by atoms with Gasteiger partial charge in [0.05, 0.1) is 25.3 Å². The predicted molar refractivity (Wildman–Crippen MR) is 174 cm³/mol. The van der Waals surface area contributed by atoms with E-state index < -0.39 is 41.5 Å². The molecular weight excluding hydrogens is 629 g/mol. The molecule has 0 saturated carbocycles. The van der Waals surface area contributed by atoms with E-state index in [-0.39, 0.29) is 30.9 Å². The second kappa shape index (κ2) is 15.5. The van der Waals surface area contributed by atoms with Crippen LogP contribution in [0, 0.1) is 0 Å². The van der Waals surface area contributed by atoms with Crippen LogP contribution < -0.4 is 5.32 Å². The van der Waals surface area contributed by atoms with Crippen LogP contribution in [0.3, 0.4) is 0 Å². The van der Waals surface area contributed by atoms with Gasteiger partial charge in [0.1, 0.15) is 6.61 Å². The van der Waals surface area contributed by atoms with Gasteiger partial charge in [0, 0.05) is 23.0 Å². The van der Waals surface area contributed by atoms with E-state index in [0.717, 1.165) is 0 Å². The molecule has 0 fully saturated rings. The highest BCUT2D eigenvalue weighted by Gasteiger charge is 2.53. The highest BCUT2D eigenvalue weighted by atomic mass is 31.0. The molecule has 12 heteroatoms. The van der Waals surface area contributed by atoms with Crippen molar-refractivity contribution >= 4 is 38.7 Å². The van der Waals surface area contributed by atoms with E-state index in [4.69, 9.17) is 14.2 Å². The number of carbonyl (C=O) groups is 4. The lowest BCUT2D eigenvalue weighted by atomic mass is 9.84. The van der Waals surface area contributed by atoms with Gasteiger partial charge in [-0.3, -0.25) is 24.2 Å². The maximum atomic E-state index is 13.6. The Balaban J connectivity index is 1.45. The summed E-state index contributed by atoms with van der Waals surface area (Å²) in [5.74, 6) is -3.05. The first-order valence-electron chi connectivity index (χ1n) is 14.7. The van der Waals surface area contributed by atoms with Gasteiger partial charge in [-0.2, -0.15) is 8.78 Å². The molecule has 47 heavy (non-hydrogen) atoms. The molecule has 0 aliphatic rings. The molecule has 244 valence electrons. The number of ether oxygens (including phenoxy) is 3. The van der Waals surface area contributed by atoms with Crippen LogP contribution in [-0.4, -0.2) is 48.6 Å². The van der Waals surface area contributed by atoms with Crippen molar-refractivity contribution in [2.75, 3.05) is 25.1 Å². The van der Waals surface area contributed by atoms with E-state index in [1.165, 1.54) is 45.8 Å². The van der Waals surface area contributed by atoms with Crippen LogP contribution in [0.2, 0.25) is 0 Å². The van der Waals surface area contributed by atoms with Crippen LogP contribution in [0.4, 0.5) is 14.5 Å². The van der Waals surface area contributed by atoms with Gasteiger partial charge in [0.15, 0.2) is 0 Å². The number of halogens is 2. The first kappa shape index (κ1) is 34.8. The van der Waals surface area contributed by atoms with Crippen LogP contribution in [-0.2, 0) is 46.1 Å². The van der Waals surface area contributed by atoms with E-state index in [2.05, 4.69) is 10.3 Å². The molecule has 4 aromatic rings. The number of amides is 1. The number of alkyl halides is 2. The second-order valence-corrected chi connectivity index (χ2v) is 11.0. The van der Waals surface area contributed by atoms with E-state index in [1.807, 2.05) is 0 Å². The van der Waals surface area contributed by atoms with Crippen molar-refractivity contribution in [1.29, 1.82) is 0 Å². The maximum absolute atomic E-state index is 13.6. The van der Waals surface area contributed by atoms with Crippen LogP contribution in [0.15, 0.2) is 97.2 Å². The minimum absolute atomic E-state index is 0.0185. The molecule has 3 aromatic carbocycles. The summed E-state index contributed by atoms with van der Waals surface area (Å²) in [5, 5.41) is 2.81. The van der Waals surface area contributed by atoms with Crippen LogP contribution in [0.1, 0.15) is 41.0 Å². The van der Waals surface area contributed by atoms with Crippen molar-refractivity contribution in [3.05, 3.63) is 120 Å². The number of hydrogen-bond acceptors (Lipinski definition) is 8. The zero-order chi connectivity index (χ0) is 34.0. The zero-order valence-corrected chi connectivity index (χ0v) is 26.9. The molecule has 9 nitrogen and oxygen atoms in total. The Kier molecular flexibility index (Phi) is 11.5. The molecule has 1 atom stereocenters. The summed E-state index contributed by atoms with van der Waals surface area (Å²) in [4.78, 5) is 56.5. The van der Waals surface area contributed by atoms with Crippen molar-refractivity contribution < 1.29 is 42.2 Å². The second-order valence-electron chi connectivity index (χ2n) is 10.3. The monoisotopic (exact) mass is 662 g/mol. The quantitative estimate of drug-likeness (QED) is 0.0793. The van der Waals surface area contributed by atoms with Gasteiger partial charge in [0.25, 0.3) is 11.6 Å². The number of benzene rings is 3. The van der Waals surface area contributed by atoms with Gasteiger partial charge in [-0.15, -0.1) is 0 Å². The molecule has 1 amide bonds. The summed E-state index contributed by atoms with van der Waals surface area (Å²) < 4.78 is 43.1. The number of rotatable bonds is 13. The van der Waals surface area contributed by atoms with Crippen LogP contribution in [0.5, 0.6) is 0 Å². The Morgan fingerprint density at radius 2 is 1.40 bits per heavy atom. The molecule has 0 bridgehead atoms. The lowest BCUT2D eigenvalue weighted by molar-refractivity contribution is -0.170. The molecule has 0 saturated heterocycles. The Morgan fingerprint density at radius 3 is 1.98 bits per heavy atom. The third-order valence-electron chi connectivity index (χ3n) is 7.11. The van der Waals surface area contributed by atoms with Crippen molar-refractivity contribution in [3.63, 3.8) is 0 Å². The average molecular weight is 663 g/mol. The molecular formula is C35H33F2N2O7P. The molecule has 1 aromatic heterocycles. The molecule has 4 rings (SSSR count). The smallest absolute Gasteiger partial charge is 0.333 e. The average Bonchev–Trinajstić information content (AvgIpc) is 3.06. The van der Waals surface area contributed by atoms with Crippen molar-refractivity contribution in [1.82, 2.24) is 4.98 Å². The standard InChI is InChI=1S/C35H33F2N2O7P/c1-3-44-32(42)34(33(43)45-4-2,29-11-7-8-20-38-29)22-46-30(40)21-23-12-18-26(19-13-23)39-31(41)28-10-6-5-9-27(28)24-14-16-25(17-15-24)35(36,37)47/h5-20H,3-4,21-22,47H2,1-2H3,(H,39,41). The topological polar surface area (TPSA) is 121 Å². The van der Waals surface area contributed by atoms with Gasteiger partial charge in [0.2, 0.25) is 5.41 Å². The molecule has 0 aliphatic carbocycles. The van der Waals surface area contributed by atoms with Crippen molar-refractivity contribution in [3.8, 4) is 11.1 Å². The minimum Gasteiger partial charge on any atom is -0.465 e. The fraction of sp³-hybridized carbons (Fsp3) is 0.229. The molecule has 0 spiro atoms. The molecule has 1 N–H and O–H groups in total. The van der Waals surface area contributed by atoms with Crippen LogP contribution >= 0.6 is 9.24 Å². The molecule has 0 radical (unpaired) electrons. The SMILES string of the molecule is CCOC(=O)C(COC(=O)Cc1ccc(NC(=O)c2ccccc2-c2ccc(C(F)(F)P)cc2)cc1)(C(=O)OCC)c1ccccn1. The molecule has 1 heterocycles. The van der Waals surface area contributed by atoms with Gasteiger partial charge in [-0.25, -0.2) is 0 Å². The maximum Gasteiger partial charge on any atom is 0.333 e. The lowest BCUT2D eigenvalue weighted by Gasteiger charge is -2.28. The van der Waals surface area contributed by atoms with Gasteiger partial charge >= 0.3 is 17.9 Å². The Hall–Kier alpha value is -5.02. The number of aromatic nitrogens is 1. The fourth-order valence-corrected chi connectivity index (χ4v) is 4.92. The van der Waals surface area contributed by atoms with Gasteiger partial charge in [-0.1, -0.05) is 69.9 Å². The normalized spacial score (nSPS) is 11.3. The zero-order valence-electron chi connectivity index (χ0n) is 25.7. The number of anilines is 1. The van der Waals surface area contributed by atoms with E-state index in [9.17, 15) is 28.0 Å². The summed E-state index contributed by atoms with van der Waals surface area (Å²) >= 11 is 0.